The van der Waals surface area contributed by atoms with Gasteiger partial charge >= 0.3 is 0 Å². The first-order valence-corrected chi connectivity index (χ1v) is 4.84. The molecule has 0 aliphatic rings. The average molecular weight is 207 g/mol. The molecule has 1 aromatic rings. The first-order chi connectivity index (χ1) is 7.19. The van der Waals surface area contributed by atoms with Crippen molar-refractivity contribution in [2.45, 2.75) is 6.92 Å². The summed E-state index contributed by atoms with van der Waals surface area (Å²) in [5.41, 5.74) is 0.500. The van der Waals surface area contributed by atoms with Crippen molar-refractivity contribution in [2.75, 3.05) is 13.1 Å². The van der Waals surface area contributed by atoms with Gasteiger partial charge in [-0.25, -0.2) is 4.39 Å². The van der Waals surface area contributed by atoms with Gasteiger partial charge in [-0.2, -0.15) is 0 Å². The lowest BCUT2D eigenvalue weighted by Crippen LogP contribution is -2.30. The zero-order chi connectivity index (χ0) is 11.3. The molecular formula is C12H14FNO. The van der Waals surface area contributed by atoms with Gasteiger partial charge in [0.05, 0.1) is 0 Å². The first kappa shape index (κ1) is 11.4. The summed E-state index contributed by atoms with van der Waals surface area (Å²) in [6, 6.07) is 5.55. The van der Waals surface area contributed by atoms with E-state index >= 15 is 0 Å². The van der Waals surface area contributed by atoms with Gasteiger partial charge < -0.3 is 4.90 Å². The number of likely N-dealkylation sites (N-methyl/N-ethyl adjacent to an activating group) is 1. The van der Waals surface area contributed by atoms with E-state index in [0.29, 0.717) is 18.7 Å². The van der Waals surface area contributed by atoms with E-state index in [9.17, 15) is 9.18 Å². The fourth-order valence-corrected chi connectivity index (χ4v) is 1.29. The van der Waals surface area contributed by atoms with Crippen LogP contribution in [-0.2, 0) is 0 Å². The number of hydrogen-bond donors (Lipinski definition) is 0. The van der Waals surface area contributed by atoms with Gasteiger partial charge in [-0.1, -0.05) is 6.08 Å². The summed E-state index contributed by atoms with van der Waals surface area (Å²) >= 11 is 0. The van der Waals surface area contributed by atoms with Crippen molar-refractivity contribution in [3.8, 4) is 0 Å². The molecule has 0 saturated carbocycles. The van der Waals surface area contributed by atoms with E-state index in [-0.39, 0.29) is 11.7 Å². The fourth-order valence-electron chi connectivity index (χ4n) is 1.29. The zero-order valence-electron chi connectivity index (χ0n) is 8.74. The number of rotatable bonds is 4. The highest BCUT2D eigenvalue weighted by molar-refractivity contribution is 5.94. The van der Waals surface area contributed by atoms with E-state index in [1.807, 2.05) is 6.92 Å². The monoisotopic (exact) mass is 207 g/mol. The van der Waals surface area contributed by atoms with Crippen molar-refractivity contribution in [3.05, 3.63) is 48.3 Å². The van der Waals surface area contributed by atoms with E-state index in [1.54, 1.807) is 11.0 Å². The Bertz CT molecular complexity index is 345. The quantitative estimate of drug-likeness (QED) is 0.694. The topological polar surface area (TPSA) is 20.3 Å². The maximum Gasteiger partial charge on any atom is 0.254 e. The van der Waals surface area contributed by atoms with Crippen LogP contribution < -0.4 is 0 Å². The standard InChI is InChI=1S/C12H14FNO/c1-3-9-14(4-2)12(15)10-5-7-11(13)8-6-10/h3,5-8H,1,4,9H2,2H3. The Labute approximate surface area is 89.0 Å². The summed E-state index contributed by atoms with van der Waals surface area (Å²) < 4.78 is 12.6. The summed E-state index contributed by atoms with van der Waals surface area (Å²) in [7, 11) is 0. The molecule has 0 N–H and O–H groups in total. The highest BCUT2D eigenvalue weighted by Gasteiger charge is 2.12. The van der Waals surface area contributed by atoms with Crippen molar-refractivity contribution in [3.63, 3.8) is 0 Å². The Morgan fingerprint density at radius 2 is 2.07 bits per heavy atom. The van der Waals surface area contributed by atoms with Crippen LogP contribution in [0.3, 0.4) is 0 Å². The van der Waals surface area contributed by atoms with Crippen LogP contribution in [0.15, 0.2) is 36.9 Å². The molecule has 0 radical (unpaired) electrons. The lowest BCUT2D eigenvalue weighted by atomic mass is 10.2. The molecule has 0 fully saturated rings. The minimum Gasteiger partial charge on any atom is -0.335 e. The molecule has 0 aliphatic heterocycles. The molecule has 3 heteroatoms. The van der Waals surface area contributed by atoms with E-state index in [4.69, 9.17) is 0 Å². The van der Waals surface area contributed by atoms with Gasteiger partial charge in [-0.3, -0.25) is 4.79 Å². The minimum atomic E-state index is -0.335. The Morgan fingerprint density at radius 1 is 1.47 bits per heavy atom. The molecule has 0 heterocycles. The molecule has 0 unspecified atom stereocenters. The maximum absolute atomic E-state index is 12.6. The van der Waals surface area contributed by atoms with Gasteiger partial charge in [0.25, 0.3) is 5.91 Å². The molecule has 1 rings (SSSR count). The van der Waals surface area contributed by atoms with Crippen LogP contribution in [0.2, 0.25) is 0 Å². The predicted octanol–water partition coefficient (Wildman–Crippen LogP) is 2.47. The molecule has 15 heavy (non-hydrogen) atoms. The zero-order valence-corrected chi connectivity index (χ0v) is 8.74. The van der Waals surface area contributed by atoms with Crippen LogP contribution in [0.25, 0.3) is 0 Å². The number of halogens is 1. The SMILES string of the molecule is C=CCN(CC)C(=O)c1ccc(F)cc1. The molecule has 0 aromatic heterocycles. The molecule has 1 aromatic carbocycles. The molecule has 2 nitrogen and oxygen atoms in total. The van der Waals surface area contributed by atoms with Gasteiger partial charge in [0.1, 0.15) is 5.82 Å². The second-order valence-electron chi connectivity index (χ2n) is 3.14. The maximum atomic E-state index is 12.6. The summed E-state index contributed by atoms with van der Waals surface area (Å²) in [6.45, 7) is 6.60. The van der Waals surface area contributed by atoms with E-state index < -0.39 is 0 Å². The predicted molar refractivity (Wildman–Crippen MR) is 58.2 cm³/mol. The highest BCUT2D eigenvalue weighted by atomic mass is 19.1. The number of amides is 1. The lowest BCUT2D eigenvalue weighted by molar-refractivity contribution is 0.0782. The first-order valence-electron chi connectivity index (χ1n) is 4.84. The fraction of sp³-hybridized carbons (Fsp3) is 0.250. The third kappa shape index (κ3) is 2.91. The largest absolute Gasteiger partial charge is 0.335 e. The van der Waals surface area contributed by atoms with E-state index in [2.05, 4.69) is 6.58 Å². The minimum absolute atomic E-state index is 0.0996. The Hall–Kier alpha value is -1.64. The summed E-state index contributed by atoms with van der Waals surface area (Å²) in [6.07, 6.45) is 1.67. The number of carbonyl (C=O) groups is 1. The van der Waals surface area contributed by atoms with Crippen LogP contribution in [0.1, 0.15) is 17.3 Å². The van der Waals surface area contributed by atoms with Crippen molar-refractivity contribution in [1.29, 1.82) is 0 Å². The van der Waals surface area contributed by atoms with Crippen LogP contribution in [0.5, 0.6) is 0 Å². The molecule has 0 spiro atoms. The van der Waals surface area contributed by atoms with Crippen molar-refractivity contribution in [2.24, 2.45) is 0 Å². The molecular weight excluding hydrogens is 193 g/mol. The molecule has 0 bridgehead atoms. The number of carbonyl (C=O) groups excluding carboxylic acids is 1. The highest BCUT2D eigenvalue weighted by Crippen LogP contribution is 2.06. The third-order valence-electron chi connectivity index (χ3n) is 2.11. The lowest BCUT2D eigenvalue weighted by Gasteiger charge is -2.18. The van der Waals surface area contributed by atoms with Gasteiger partial charge in [-0.15, -0.1) is 6.58 Å². The third-order valence-corrected chi connectivity index (χ3v) is 2.11. The summed E-state index contributed by atoms with van der Waals surface area (Å²) in [5.74, 6) is -0.435. The van der Waals surface area contributed by atoms with Crippen LogP contribution in [-0.4, -0.2) is 23.9 Å². The molecule has 0 aliphatic carbocycles. The van der Waals surface area contributed by atoms with Crippen molar-refractivity contribution >= 4 is 5.91 Å². The Balaban J connectivity index is 2.82. The average Bonchev–Trinajstić information content (AvgIpc) is 2.26. The molecule has 1 amide bonds. The molecule has 80 valence electrons. The van der Waals surface area contributed by atoms with Gasteiger partial charge in [0, 0.05) is 18.7 Å². The Morgan fingerprint density at radius 3 is 2.53 bits per heavy atom. The van der Waals surface area contributed by atoms with Crippen LogP contribution in [0, 0.1) is 5.82 Å². The van der Waals surface area contributed by atoms with Crippen LogP contribution >= 0.6 is 0 Å². The van der Waals surface area contributed by atoms with Gasteiger partial charge in [0.2, 0.25) is 0 Å². The molecule has 0 saturated heterocycles. The molecule has 0 atom stereocenters. The second kappa shape index (κ2) is 5.29. The summed E-state index contributed by atoms with van der Waals surface area (Å²) in [5, 5.41) is 0. The number of nitrogens with zero attached hydrogens (tertiary/aromatic N) is 1. The number of hydrogen-bond acceptors (Lipinski definition) is 1. The van der Waals surface area contributed by atoms with Crippen LogP contribution in [0.4, 0.5) is 4.39 Å². The van der Waals surface area contributed by atoms with Gasteiger partial charge in [-0.05, 0) is 31.2 Å². The smallest absolute Gasteiger partial charge is 0.254 e. The Kier molecular flexibility index (Phi) is 4.03. The normalized spacial score (nSPS) is 9.73. The van der Waals surface area contributed by atoms with Crippen molar-refractivity contribution < 1.29 is 9.18 Å². The number of benzene rings is 1. The van der Waals surface area contributed by atoms with E-state index in [0.717, 1.165) is 0 Å². The summed E-state index contributed by atoms with van der Waals surface area (Å²) in [4.78, 5) is 13.5. The van der Waals surface area contributed by atoms with E-state index in [1.165, 1.54) is 24.3 Å². The van der Waals surface area contributed by atoms with Gasteiger partial charge in [0.15, 0.2) is 0 Å². The van der Waals surface area contributed by atoms with Crippen molar-refractivity contribution in [1.82, 2.24) is 4.90 Å². The second-order valence-corrected chi connectivity index (χ2v) is 3.14.